The molecule has 0 fully saturated rings. The summed E-state index contributed by atoms with van der Waals surface area (Å²) in [4.78, 5) is 10.9. The lowest BCUT2D eigenvalue weighted by Crippen LogP contribution is -2.09. The van der Waals surface area contributed by atoms with E-state index in [2.05, 4.69) is 0 Å². The zero-order chi connectivity index (χ0) is 24.5. The molecule has 0 atom stereocenters. The standard InChI is InChI=1S/C24H16F5NO4/c25-17-6-4-14(19(26)11-17)13-33-21-7-5-16(24(27,28)29)10-15(21)12-30-9-8-18-20(30)2-1-3-22(18)34-23(31)32/h1-11H,12-13H2,(H,31,32). The summed E-state index contributed by atoms with van der Waals surface area (Å²) in [5.74, 6) is -1.44. The van der Waals surface area contributed by atoms with Crippen LogP contribution in [0.4, 0.5) is 26.7 Å². The number of nitrogens with zero attached hydrogens (tertiary/aromatic N) is 1. The van der Waals surface area contributed by atoms with Gasteiger partial charge in [-0.2, -0.15) is 13.2 Å². The summed E-state index contributed by atoms with van der Waals surface area (Å²) in [6, 6.07) is 12.1. The SMILES string of the molecule is O=C(O)Oc1cccc2c1ccn2Cc1cc(C(F)(F)F)ccc1OCc1ccc(F)cc1F. The molecule has 4 rings (SSSR count). The molecule has 1 N–H and O–H groups in total. The molecule has 34 heavy (non-hydrogen) atoms. The molecule has 0 aliphatic rings. The largest absolute Gasteiger partial charge is 0.511 e. The average Bonchev–Trinajstić information content (AvgIpc) is 3.16. The van der Waals surface area contributed by atoms with Gasteiger partial charge in [0.2, 0.25) is 0 Å². The van der Waals surface area contributed by atoms with Gasteiger partial charge in [-0.1, -0.05) is 6.07 Å². The fraction of sp³-hybridized carbons (Fsp3) is 0.125. The first-order chi connectivity index (χ1) is 16.1. The summed E-state index contributed by atoms with van der Waals surface area (Å²) in [5.41, 5.74) is -0.186. The van der Waals surface area contributed by atoms with Crippen molar-refractivity contribution in [2.45, 2.75) is 19.3 Å². The third kappa shape index (κ3) is 4.95. The van der Waals surface area contributed by atoms with Crippen LogP contribution in [0, 0.1) is 11.6 Å². The molecular weight excluding hydrogens is 461 g/mol. The molecule has 10 heteroatoms. The van der Waals surface area contributed by atoms with Crippen molar-refractivity contribution >= 4 is 17.1 Å². The summed E-state index contributed by atoms with van der Waals surface area (Å²) in [6.07, 6.45) is -4.53. The number of carbonyl (C=O) groups is 1. The molecule has 0 unspecified atom stereocenters. The third-order valence-corrected chi connectivity index (χ3v) is 5.10. The molecule has 4 aromatic rings. The molecule has 3 aromatic carbocycles. The van der Waals surface area contributed by atoms with Gasteiger partial charge < -0.3 is 19.1 Å². The minimum atomic E-state index is -4.60. The van der Waals surface area contributed by atoms with Crippen LogP contribution in [0.2, 0.25) is 0 Å². The van der Waals surface area contributed by atoms with E-state index >= 15 is 0 Å². The summed E-state index contributed by atoms with van der Waals surface area (Å²) in [7, 11) is 0. The van der Waals surface area contributed by atoms with E-state index < -0.39 is 29.5 Å². The van der Waals surface area contributed by atoms with Gasteiger partial charge in [0.15, 0.2) is 0 Å². The number of halogens is 5. The number of benzene rings is 3. The highest BCUT2D eigenvalue weighted by Gasteiger charge is 2.31. The number of aromatic nitrogens is 1. The van der Waals surface area contributed by atoms with Gasteiger partial charge in [-0.3, -0.25) is 0 Å². The summed E-state index contributed by atoms with van der Waals surface area (Å²) in [5, 5.41) is 9.35. The van der Waals surface area contributed by atoms with Crippen molar-refractivity contribution in [3.8, 4) is 11.5 Å². The quantitative estimate of drug-likeness (QED) is 0.193. The van der Waals surface area contributed by atoms with Crippen LogP contribution >= 0.6 is 0 Å². The van der Waals surface area contributed by atoms with Crippen molar-refractivity contribution in [1.82, 2.24) is 4.57 Å². The smallest absolute Gasteiger partial charge is 0.488 e. The third-order valence-electron chi connectivity index (χ3n) is 5.10. The van der Waals surface area contributed by atoms with Crippen LogP contribution in [0.3, 0.4) is 0 Å². The number of carboxylic acid groups (broad SMARTS) is 1. The van der Waals surface area contributed by atoms with Gasteiger partial charge in [-0.05, 0) is 48.5 Å². The molecule has 0 spiro atoms. The van der Waals surface area contributed by atoms with Crippen LogP contribution in [-0.2, 0) is 19.3 Å². The number of hydrogen-bond donors (Lipinski definition) is 1. The Labute approximate surface area is 189 Å². The van der Waals surface area contributed by atoms with Crippen LogP contribution in [0.5, 0.6) is 11.5 Å². The number of fused-ring (bicyclic) bond motifs is 1. The predicted octanol–water partition coefficient (Wildman–Crippen LogP) is 6.62. The second kappa shape index (κ2) is 9.05. The Morgan fingerprint density at radius 2 is 1.74 bits per heavy atom. The molecule has 1 heterocycles. The van der Waals surface area contributed by atoms with E-state index in [0.29, 0.717) is 17.0 Å². The van der Waals surface area contributed by atoms with Crippen molar-refractivity contribution in [2.24, 2.45) is 0 Å². The summed E-state index contributed by atoms with van der Waals surface area (Å²) in [6.45, 7) is -0.390. The zero-order valence-electron chi connectivity index (χ0n) is 17.3. The maximum Gasteiger partial charge on any atom is 0.511 e. The maximum atomic E-state index is 14.0. The minimum absolute atomic E-state index is 0.0362. The van der Waals surface area contributed by atoms with Crippen LogP contribution in [-0.4, -0.2) is 15.8 Å². The van der Waals surface area contributed by atoms with Crippen LogP contribution in [0.25, 0.3) is 10.9 Å². The monoisotopic (exact) mass is 477 g/mol. The molecule has 0 saturated carbocycles. The van der Waals surface area contributed by atoms with Crippen molar-refractivity contribution in [3.05, 3.63) is 95.2 Å². The maximum absolute atomic E-state index is 14.0. The van der Waals surface area contributed by atoms with Gasteiger partial charge in [-0.15, -0.1) is 0 Å². The van der Waals surface area contributed by atoms with Gasteiger partial charge >= 0.3 is 12.3 Å². The first-order valence-electron chi connectivity index (χ1n) is 9.87. The van der Waals surface area contributed by atoms with Gasteiger partial charge in [-0.25, -0.2) is 13.6 Å². The second-order valence-electron chi connectivity index (χ2n) is 7.35. The normalized spacial score (nSPS) is 11.6. The van der Waals surface area contributed by atoms with Crippen LogP contribution in [0.15, 0.2) is 66.9 Å². The second-order valence-corrected chi connectivity index (χ2v) is 7.35. The first-order valence-corrected chi connectivity index (χ1v) is 9.87. The van der Waals surface area contributed by atoms with Gasteiger partial charge in [0, 0.05) is 28.8 Å². The Bertz CT molecular complexity index is 1360. The number of hydrogen-bond acceptors (Lipinski definition) is 3. The average molecular weight is 477 g/mol. The number of alkyl halides is 3. The highest BCUT2D eigenvalue weighted by Crippen LogP contribution is 2.34. The van der Waals surface area contributed by atoms with E-state index in [9.17, 15) is 26.7 Å². The number of rotatable bonds is 6. The fourth-order valence-corrected chi connectivity index (χ4v) is 3.51. The van der Waals surface area contributed by atoms with E-state index in [-0.39, 0.29) is 35.8 Å². The van der Waals surface area contributed by atoms with E-state index in [1.165, 1.54) is 12.1 Å². The Kier molecular flexibility index (Phi) is 6.14. The minimum Gasteiger partial charge on any atom is -0.488 e. The lowest BCUT2D eigenvalue weighted by molar-refractivity contribution is -0.137. The highest BCUT2D eigenvalue weighted by atomic mass is 19.4. The molecule has 0 bridgehead atoms. The van der Waals surface area contributed by atoms with Crippen molar-refractivity contribution in [2.75, 3.05) is 0 Å². The van der Waals surface area contributed by atoms with Gasteiger partial charge in [0.1, 0.15) is 29.7 Å². The van der Waals surface area contributed by atoms with E-state index in [4.69, 9.17) is 14.6 Å². The molecule has 0 saturated heterocycles. The Morgan fingerprint density at radius 1 is 0.941 bits per heavy atom. The molecule has 0 radical (unpaired) electrons. The lowest BCUT2D eigenvalue weighted by Gasteiger charge is -2.16. The van der Waals surface area contributed by atoms with Crippen LogP contribution in [0.1, 0.15) is 16.7 Å². The summed E-state index contributed by atoms with van der Waals surface area (Å²) >= 11 is 0. The van der Waals surface area contributed by atoms with Crippen molar-refractivity contribution in [1.29, 1.82) is 0 Å². The Hall–Kier alpha value is -4.08. The lowest BCUT2D eigenvalue weighted by atomic mass is 10.1. The first kappa shape index (κ1) is 23.1. The van der Waals surface area contributed by atoms with E-state index in [1.807, 2.05) is 0 Å². The topological polar surface area (TPSA) is 60.7 Å². The molecule has 5 nitrogen and oxygen atoms in total. The van der Waals surface area contributed by atoms with Gasteiger partial charge in [0.25, 0.3) is 0 Å². The molecule has 176 valence electrons. The fourth-order valence-electron chi connectivity index (χ4n) is 3.51. The van der Waals surface area contributed by atoms with Crippen molar-refractivity contribution in [3.63, 3.8) is 0 Å². The molecule has 0 amide bonds. The van der Waals surface area contributed by atoms with Crippen LogP contribution < -0.4 is 9.47 Å². The van der Waals surface area contributed by atoms with Crippen molar-refractivity contribution < 1.29 is 41.3 Å². The van der Waals surface area contributed by atoms with Gasteiger partial charge in [0.05, 0.1) is 17.6 Å². The Morgan fingerprint density at radius 3 is 2.44 bits per heavy atom. The summed E-state index contributed by atoms with van der Waals surface area (Å²) < 4.78 is 79.1. The Balaban J connectivity index is 1.69. The molecule has 0 aliphatic heterocycles. The van der Waals surface area contributed by atoms with E-state index in [0.717, 1.165) is 24.3 Å². The highest BCUT2D eigenvalue weighted by molar-refractivity contribution is 5.88. The zero-order valence-corrected chi connectivity index (χ0v) is 17.3. The molecule has 1 aromatic heterocycles. The molecular formula is C24H16F5NO4. The molecule has 0 aliphatic carbocycles. The number of ether oxygens (including phenoxy) is 2. The van der Waals surface area contributed by atoms with E-state index in [1.54, 1.807) is 29.0 Å². The predicted molar refractivity (Wildman–Crippen MR) is 112 cm³/mol.